The Bertz CT molecular complexity index is 1970. The number of nitrogens with one attached hydrogen (secondary N) is 2. The zero-order valence-corrected chi connectivity index (χ0v) is 28.9. The number of benzene rings is 4. The Morgan fingerprint density at radius 1 is 0.872 bits per heavy atom. The van der Waals surface area contributed by atoms with Crippen LogP contribution < -0.4 is 40.2 Å². The Morgan fingerprint density at radius 2 is 1.57 bits per heavy atom. The van der Waals surface area contributed by atoms with Crippen molar-refractivity contribution in [2.24, 2.45) is 0 Å². The molecule has 2 amide bonds. The summed E-state index contributed by atoms with van der Waals surface area (Å²) in [5.74, 6) is -1.07. The normalized spacial score (nSPS) is 13.4. The topological polar surface area (TPSA) is 129 Å². The molecule has 10 heteroatoms. The van der Waals surface area contributed by atoms with Gasteiger partial charge in [0.05, 0.1) is 21.8 Å². The molecule has 0 bridgehead atoms. The molecule has 1 atom stereocenters. The summed E-state index contributed by atoms with van der Waals surface area (Å²) in [4.78, 5) is 26.2. The maximum atomic E-state index is 13.8. The second kappa shape index (κ2) is 15.3. The van der Waals surface area contributed by atoms with Crippen LogP contribution in [0.5, 0.6) is 0 Å². The first kappa shape index (κ1) is 34.3. The second-order valence-corrected chi connectivity index (χ2v) is 13.0. The molecule has 234 valence electrons. The molecular weight excluding hydrogens is 623 g/mol. The summed E-state index contributed by atoms with van der Waals surface area (Å²) in [6.45, 7) is -0.263. The van der Waals surface area contributed by atoms with Gasteiger partial charge in [-0.05, 0) is 96.5 Å². The van der Waals surface area contributed by atoms with E-state index in [1.807, 2.05) is 66.7 Å². The van der Waals surface area contributed by atoms with E-state index in [0.717, 1.165) is 52.7 Å². The third-order valence-corrected chi connectivity index (χ3v) is 8.90. The van der Waals surface area contributed by atoms with Crippen LogP contribution in [0.25, 0.3) is 27.9 Å². The Hall–Kier alpha value is -3.99. The van der Waals surface area contributed by atoms with Crippen molar-refractivity contribution in [3.05, 3.63) is 131 Å². The molecule has 1 aliphatic carbocycles. The fraction of sp³-hybridized carbons (Fsp3) is 0.189. The van der Waals surface area contributed by atoms with Gasteiger partial charge in [-0.15, -0.1) is 0 Å². The minimum Gasteiger partial charge on any atom is -0.748 e. The molecule has 1 unspecified atom stereocenters. The molecule has 6 rings (SSSR count). The minimum absolute atomic E-state index is 0. The number of para-hydroxylation sites is 1. The molecule has 1 aliphatic rings. The zero-order valence-electron chi connectivity index (χ0n) is 26.1. The first-order chi connectivity index (χ1) is 22.2. The number of hydrogen-bond donors (Lipinski definition) is 2. The maximum absolute atomic E-state index is 13.8. The van der Waals surface area contributed by atoms with Crippen molar-refractivity contribution in [2.45, 2.75) is 31.6 Å². The summed E-state index contributed by atoms with van der Waals surface area (Å²) >= 11 is 0. The van der Waals surface area contributed by atoms with E-state index < -0.39 is 27.7 Å². The Morgan fingerprint density at radius 3 is 2.23 bits per heavy atom. The molecule has 0 aliphatic heterocycles. The van der Waals surface area contributed by atoms with Gasteiger partial charge >= 0.3 is 29.6 Å². The standard InChI is InChI=1S/C37H34N2O6S.Na/c40-36(38-21-22-46(42,43)44)30-11-9-25(10-12-30)23-33(28-15-13-27(14-16-28)26-5-1-2-6-26)37(41)39-32-19-17-29(18-20-32)35-24-31-7-3-4-8-34(31)45-35;/h3-5,7-20,24,33H,1-2,6,21-23H2,(H,38,40)(H,39,41)(H,42,43,44);/q;+1/p-1. The van der Waals surface area contributed by atoms with Gasteiger partial charge in [0.2, 0.25) is 5.91 Å². The van der Waals surface area contributed by atoms with Crippen molar-refractivity contribution in [3.63, 3.8) is 0 Å². The molecule has 0 spiro atoms. The molecule has 0 saturated heterocycles. The number of carbonyl (C=O) groups excluding carboxylic acids is 2. The molecule has 8 nitrogen and oxygen atoms in total. The number of carbonyl (C=O) groups is 2. The molecule has 0 radical (unpaired) electrons. The van der Waals surface area contributed by atoms with E-state index in [0.29, 0.717) is 17.7 Å². The summed E-state index contributed by atoms with van der Waals surface area (Å²) in [5, 5.41) is 6.55. The van der Waals surface area contributed by atoms with Gasteiger partial charge in [-0.3, -0.25) is 9.59 Å². The second-order valence-electron chi connectivity index (χ2n) is 11.4. The Kier molecular flexibility index (Phi) is 11.2. The average Bonchev–Trinajstić information content (AvgIpc) is 3.75. The van der Waals surface area contributed by atoms with E-state index in [4.69, 9.17) is 4.42 Å². The quantitative estimate of drug-likeness (QED) is 0.164. The molecule has 2 N–H and O–H groups in total. The molecule has 4 aromatic carbocycles. The van der Waals surface area contributed by atoms with E-state index in [9.17, 15) is 22.6 Å². The van der Waals surface area contributed by atoms with Gasteiger partial charge in [-0.1, -0.05) is 60.7 Å². The van der Waals surface area contributed by atoms with Crippen LogP contribution in [0.2, 0.25) is 0 Å². The van der Waals surface area contributed by atoms with Gasteiger partial charge in [0, 0.05) is 28.7 Å². The van der Waals surface area contributed by atoms with Crippen molar-refractivity contribution >= 4 is 44.2 Å². The van der Waals surface area contributed by atoms with E-state index >= 15 is 0 Å². The number of hydrogen-bond acceptors (Lipinski definition) is 6. The van der Waals surface area contributed by atoms with Crippen LogP contribution in [0.3, 0.4) is 0 Å². The summed E-state index contributed by atoms with van der Waals surface area (Å²) in [7, 11) is -4.42. The van der Waals surface area contributed by atoms with Crippen LogP contribution >= 0.6 is 0 Å². The average molecular weight is 657 g/mol. The summed E-state index contributed by atoms with van der Waals surface area (Å²) < 4.78 is 38.5. The summed E-state index contributed by atoms with van der Waals surface area (Å²) in [6, 6.07) is 32.4. The summed E-state index contributed by atoms with van der Waals surface area (Å²) in [5.41, 5.74) is 6.93. The maximum Gasteiger partial charge on any atom is 1.00 e. The molecule has 1 aromatic heterocycles. The fourth-order valence-electron chi connectivity index (χ4n) is 5.72. The molecule has 0 fully saturated rings. The van der Waals surface area contributed by atoms with Crippen molar-refractivity contribution < 1.29 is 56.5 Å². The van der Waals surface area contributed by atoms with Gasteiger partial charge in [-0.25, -0.2) is 8.42 Å². The van der Waals surface area contributed by atoms with Crippen molar-refractivity contribution in [3.8, 4) is 11.3 Å². The van der Waals surface area contributed by atoms with E-state index in [-0.39, 0.29) is 42.0 Å². The van der Waals surface area contributed by atoms with Crippen molar-refractivity contribution in [2.75, 3.05) is 17.6 Å². The number of fused-ring (bicyclic) bond motifs is 1. The zero-order chi connectivity index (χ0) is 32.1. The van der Waals surface area contributed by atoms with E-state index in [1.165, 1.54) is 11.1 Å². The number of anilines is 1. The smallest absolute Gasteiger partial charge is 0.748 e. The monoisotopic (exact) mass is 656 g/mol. The van der Waals surface area contributed by atoms with E-state index in [1.54, 1.807) is 24.3 Å². The largest absolute Gasteiger partial charge is 1.00 e. The van der Waals surface area contributed by atoms with Crippen LogP contribution in [-0.4, -0.2) is 37.1 Å². The fourth-order valence-corrected chi connectivity index (χ4v) is 6.07. The van der Waals surface area contributed by atoms with Crippen LogP contribution in [-0.2, 0) is 21.3 Å². The minimum atomic E-state index is -4.42. The summed E-state index contributed by atoms with van der Waals surface area (Å²) in [6.07, 6.45) is 5.96. The van der Waals surface area contributed by atoms with Crippen LogP contribution in [0.1, 0.15) is 52.2 Å². The van der Waals surface area contributed by atoms with Crippen LogP contribution in [0.4, 0.5) is 5.69 Å². The predicted molar refractivity (Wildman–Crippen MR) is 178 cm³/mol. The van der Waals surface area contributed by atoms with Crippen molar-refractivity contribution in [1.82, 2.24) is 5.32 Å². The molecule has 47 heavy (non-hydrogen) atoms. The Labute approximate surface area is 296 Å². The first-order valence-corrected chi connectivity index (χ1v) is 16.8. The first-order valence-electron chi connectivity index (χ1n) is 15.2. The molecule has 0 saturated carbocycles. The predicted octanol–water partition coefficient (Wildman–Crippen LogP) is 3.91. The Balaban J connectivity index is 0.00000433. The third-order valence-electron chi connectivity index (χ3n) is 8.20. The van der Waals surface area contributed by atoms with Gasteiger partial charge < -0.3 is 19.6 Å². The SMILES string of the molecule is O=C(NCCS(=O)(=O)[O-])c1ccc(CC(C(=O)Nc2ccc(-c3cc4ccccc4o3)cc2)c2ccc(C3=CCCC3)cc2)cc1.[Na+]. The third kappa shape index (κ3) is 8.88. The van der Waals surface area contributed by atoms with Gasteiger partial charge in [-0.2, -0.15) is 0 Å². The number of allylic oxidation sites excluding steroid dienone is 2. The number of rotatable bonds is 11. The molecule has 5 aromatic rings. The van der Waals surface area contributed by atoms with Crippen LogP contribution in [0, 0.1) is 0 Å². The molecular formula is C37H33N2NaO6S. The number of furan rings is 1. The van der Waals surface area contributed by atoms with Gasteiger partial charge in [0.15, 0.2) is 0 Å². The number of amides is 2. The van der Waals surface area contributed by atoms with E-state index in [2.05, 4.69) is 28.8 Å². The van der Waals surface area contributed by atoms with Gasteiger partial charge in [0.1, 0.15) is 11.3 Å². The van der Waals surface area contributed by atoms with Crippen molar-refractivity contribution in [1.29, 1.82) is 0 Å². The van der Waals surface area contributed by atoms with Gasteiger partial charge in [0.25, 0.3) is 5.91 Å². The van der Waals surface area contributed by atoms with Crippen LogP contribution in [0.15, 0.2) is 114 Å². The molecule has 1 heterocycles.